The summed E-state index contributed by atoms with van der Waals surface area (Å²) in [5, 5.41) is 2.71. The summed E-state index contributed by atoms with van der Waals surface area (Å²) in [6, 6.07) is 5.98. The van der Waals surface area contributed by atoms with E-state index in [0.29, 0.717) is 12.4 Å². The van der Waals surface area contributed by atoms with Crippen LogP contribution in [0.1, 0.15) is 40.0 Å². The Kier molecular flexibility index (Phi) is 9.81. The predicted molar refractivity (Wildman–Crippen MR) is 101 cm³/mol. The highest BCUT2D eigenvalue weighted by Crippen LogP contribution is 2.15. The van der Waals surface area contributed by atoms with Gasteiger partial charge < -0.3 is 14.8 Å². The van der Waals surface area contributed by atoms with E-state index in [1.165, 1.54) is 12.1 Å². The van der Waals surface area contributed by atoms with Gasteiger partial charge in [-0.1, -0.05) is 13.3 Å². The normalized spacial score (nSPS) is 12.3. The smallest absolute Gasteiger partial charge is 0.307 e. The van der Waals surface area contributed by atoms with Crippen LogP contribution >= 0.6 is 0 Å². The van der Waals surface area contributed by atoms with Crippen molar-refractivity contribution < 1.29 is 27.5 Å². The maximum Gasteiger partial charge on any atom is 0.307 e. The van der Waals surface area contributed by atoms with E-state index in [-0.39, 0.29) is 36.4 Å². The summed E-state index contributed by atoms with van der Waals surface area (Å²) in [5.74, 6) is -0.450. The second-order valence-corrected chi connectivity index (χ2v) is 7.74. The highest BCUT2D eigenvalue weighted by Gasteiger charge is 2.15. The topological polar surface area (TPSA) is 111 Å². The zero-order chi connectivity index (χ0) is 20.3. The van der Waals surface area contributed by atoms with Gasteiger partial charge in [-0.05, 0) is 44.5 Å². The fourth-order valence-corrected chi connectivity index (χ4v) is 3.32. The minimum Gasteiger partial charge on any atom is -0.494 e. The fraction of sp³-hybridized carbons (Fsp3) is 0.556. The number of hydrogen-bond acceptors (Lipinski definition) is 6. The third-order valence-corrected chi connectivity index (χ3v) is 5.04. The Bertz CT molecular complexity index is 703. The van der Waals surface area contributed by atoms with Crippen molar-refractivity contribution in [3.63, 3.8) is 0 Å². The van der Waals surface area contributed by atoms with Crippen LogP contribution in [0.4, 0.5) is 0 Å². The molecule has 0 saturated carbocycles. The average Bonchev–Trinajstić information content (AvgIpc) is 2.61. The molecule has 0 heterocycles. The summed E-state index contributed by atoms with van der Waals surface area (Å²) in [6.07, 6.45) is 1.61. The van der Waals surface area contributed by atoms with Crippen LogP contribution in [-0.4, -0.2) is 46.1 Å². The Labute approximate surface area is 160 Å². The van der Waals surface area contributed by atoms with E-state index < -0.39 is 16.0 Å². The summed E-state index contributed by atoms with van der Waals surface area (Å²) in [6.45, 7) is 5.71. The molecule has 27 heavy (non-hydrogen) atoms. The van der Waals surface area contributed by atoms with Crippen molar-refractivity contribution in [1.82, 2.24) is 10.0 Å². The number of ether oxygens (including phenoxy) is 2. The molecule has 1 amide bonds. The summed E-state index contributed by atoms with van der Waals surface area (Å²) in [4.78, 5) is 23.3. The minimum absolute atomic E-state index is 0.0159. The molecule has 152 valence electrons. The molecular formula is C18H28N2O6S. The van der Waals surface area contributed by atoms with Gasteiger partial charge >= 0.3 is 5.97 Å². The number of amides is 1. The van der Waals surface area contributed by atoms with Crippen LogP contribution in [0.5, 0.6) is 5.75 Å². The molecule has 1 aromatic carbocycles. The largest absolute Gasteiger partial charge is 0.494 e. The van der Waals surface area contributed by atoms with Gasteiger partial charge in [-0.2, -0.15) is 0 Å². The van der Waals surface area contributed by atoms with E-state index in [4.69, 9.17) is 9.47 Å². The maximum atomic E-state index is 12.2. The van der Waals surface area contributed by atoms with Gasteiger partial charge in [0.25, 0.3) is 5.91 Å². The number of benzene rings is 1. The Morgan fingerprint density at radius 3 is 2.41 bits per heavy atom. The molecule has 0 aliphatic rings. The molecule has 8 nitrogen and oxygen atoms in total. The molecule has 0 saturated heterocycles. The summed E-state index contributed by atoms with van der Waals surface area (Å²) >= 11 is 0. The first kappa shape index (κ1) is 22.9. The van der Waals surface area contributed by atoms with Crippen molar-refractivity contribution in [2.45, 2.75) is 51.0 Å². The molecule has 9 heteroatoms. The summed E-state index contributed by atoms with van der Waals surface area (Å²) < 4.78 is 36.8. The molecule has 0 aliphatic heterocycles. The number of sulfonamides is 1. The molecule has 0 aliphatic carbocycles. The lowest BCUT2D eigenvalue weighted by atomic mass is 10.2. The van der Waals surface area contributed by atoms with Crippen molar-refractivity contribution >= 4 is 21.9 Å². The number of rotatable bonds is 12. The van der Waals surface area contributed by atoms with Gasteiger partial charge in [0, 0.05) is 12.6 Å². The number of carbonyl (C=O) groups excluding carboxylic acids is 2. The monoisotopic (exact) mass is 400 g/mol. The first-order valence-electron chi connectivity index (χ1n) is 8.96. The number of carbonyl (C=O) groups is 2. The molecule has 1 unspecified atom stereocenters. The van der Waals surface area contributed by atoms with Crippen LogP contribution in [0, 0.1) is 0 Å². The number of hydrogen-bond donors (Lipinski definition) is 2. The molecule has 1 atom stereocenters. The first-order valence-corrected chi connectivity index (χ1v) is 10.4. The Morgan fingerprint density at radius 2 is 1.81 bits per heavy atom. The molecule has 0 fully saturated rings. The third-order valence-electron chi connectivity index (χ3n) is 3.56. The van der Waals surface area contributed by atoms with Gasteiger partial charge in [0.15, 0.2) is 6.61 Å². The molecule has 0 bridgehead atoms. The second kappa shape index (κ2) is 11.6. The van der Waals surface area contributed by atoms with Crippen LogP contribution in [0.2, 0.25) is 0 Å². The highest BCUT2D eigenvalue weighted by atomic mass is 32.2. The van der Waals surface area contributed by atoms with Crippen LogP contribution in [0.15, 0.2) is 29.2 Å². The van der Waals surface area contributed by atoms with E-state index in [1.54, 1.807) is 12.1 Å². The van der Waals surface area contributed by atoms with Gasteiger partial charge in [0.1, 0.15) is 5.75 Å². The Balaban J connectivity index is 2.36. The fourth-order valence-electron chi connectivity index (χ4n) is 2.29. The van der Waals surface area contributed by atoms with E-state index in [0.717, 1.165) is 12.8 Å². The summed E-state index contributed by atoms with van der Waals surface area (Å²) in [5.41, 5.74) is 0. The minimum atomic E-state index is -3.73. The maximum absolute atomic E-state index is 12.2. The quantitative estimate of drug-likeness (QED) is 0.516. The lowest BCUT2D eigenvalue weighted by molar-refractivity contribution is -0.148. The zero-order valence-electron chi connectivity index (χ0n) is 16.0. The van der Waals surface area contributed by atoms with Gasteiger partial charge in [-0.15, -0.1) is 0 Å². The Hall–Kier alpha value is -2.13. The first-order chi connectivity index (χ1) is 12.8. The standard InChI is InChI=1S/C18H28N2O6S/c1-4-6-14(3)20-17(21)13-26-18(22)11-12-19-27(23,24)16-9-7-15(8-10-16)25-5-2/h7-10,14,19H,4-6,11-13H2,1-3H3,(H,20,21). The van der Waals surface area contributed by atoms with Crippen molar-refractivity contribution in [2.75, 3.05) is 19.8 Å². The third kappa shape index (κ3) is 8.87. The molecule has 0 aromatic heterocycles. The van der Waals surface area contributed by atoms with Crippen molar-refractivity contribution in [2.24, 2.45) is 0 Å². The average molecular weight is 400 g/mol. The van der Waals surface area contributed by atoms with Crippen LogP contribution in [0.25, 0.3) is 0 Å². The van der Waals surface area contributed by atoms with Gasteiger partial charge in [0.2, 0.25) is 10.0 Å². The lowest BCUT2D eigenvalue weighted by Gasteiger charge is -2.12. The van der Waals surface area contributed by atoms with E-state index >= 15 is 0 Å². The molecular weight excluding hydrogens is 372 g/mol. The van der Waals surface area contributed by atoms with Crippen molar-refractivity contribution in [3.8, 4) is 5.75 Å². The number of nitrogens with one attached hydrogen (secondary N) is 2. The van der Waals surface area contributed by atoms with E-state index in [1.807, 2.05) is 20.8 Å². The summed E-state index contributed by atoms with van der Waals surface area (Å²) in [7, 11) is -3.73. The van der Waals surface area contributed by atoms with Gasteiger partial charge in [-0.25, -0.2) is 13.1 Å². The van der Waals surface area contributed by atoms with Gasteiger partial charge in [-0.3, -0.25) is 9.59 Å². The van der Waals surface area contributed by atoms with Crippen LogP contribution in [-0.2, 0) is 24.3 Å². The van der Waals surface area contributed by atoms with Crippen molar-refractivity contribution in [1.29, 1.82) is 0 Å². The second-order valence-electron chi connectivity index (χ2n) is 5.97. The Morgan fingerprint density at radius 1 is 1.15 bits per heavy atom. The van der Waals surface area contributed by atoms with E-state index in [9.17, 15) is 18.0 Å². The van der Waals surface area contributed by atoms with Crippen LogP contribution < -0.4 is 14.8 Å². The van der Waals surface area contributed by atoms with Gasteiger partial charge in [0.05, 0.1) is 17.9 Å². The zero-order valence-corrected chi connectivity index (χ0v) is 16.8. The molecule has 0 radical (unpaired) electrons. The van der Waals surface area contributed by atoms with E-state index in [2.05, 4.69) is 10.0 Å². The van der Waals surface area contributed by atoms with Crippen LogP contribution in [0.3, 0.4) is 0 Å². The molecule has 1 aromatic rings. The predicted octanol–water partition coefficient (Wildman–Crippen LogP) is 1.60. The lowest BCUT2D eigenvalue weighted by Crippen LogP contribution is -2.36. The highest BCUT2D eigenvalue weighted by molar-refractivity contribution is 7.89. The molecule has 2 N–H and O–H groups in total. The molecule has 0 spiro atoms. The van der Waals surface area contributed by atoms with Crippen molar-refractivity contribution in [3.05, 3.63) is 24.3 Å². The number of esters is 1. The molecule has 1 rings (SSSR count). The SMILES string of the molecule is CCCC(C)NC(=O)COC(=O)CCNS(=O)(=O)c1ccc(OCC)cc1.